The number of anilines is 1. The van der Waals surface area contributed by atoms with Crippen LogP contribution in [0.5, 0.6) is 0 Å². The van der Waals surface area contributed by atoms with Crippen molar-refractivity contribution in [2.75, 3.05) is 12.4 Å². The van der Waals surface area contributed by atoms with Gasteiger partial charge in [0.1, 0.15) is 6.20 Å². The molecule has 2 aromatic rings. The smallest absolute Gasteiger partial charge is 0.357 e. The summed E-state index contributed by atoms with van der Waals surface area (Å²) in [5.74, 6) is -0.334. The molecule has 2 heterocycles. The highest BCUT2D eigenvalue weighted by molar-refractivity contribution is 5.48. The van der Waals surface area contributed by atoms with E-state index in [2.05, 4.69) is 20.4 Å². The van der Waals surface area contributed by atoms with Gasteiger partial charge in [0.15, 0.2) is 5.69 Å². The zero-order valence-electron chi connectivity index (χ0n) is 9.92. The van der Waals surface area contributed by atoms with E-state index in [0.29, 0.717) is 10.7 Å². The zero-order chi connectivity index (χ0) is 14.9. The molecule has 0 saturated carbocycles. The third-order valence-electron chi connectivity index (χ3n) is 2.27. The molecule has 2 rings (SSSR count). The van der Waals surface area contributed by atoms with Crippen molar-refractivity contribution in [3.8, 4) is 5.82 Å². The second-order valence-corrected chi connectivity index (χ2v) is 3.55. The average molecular weight is 288 g/mol. The number of nitrogens with one attached hydrogen (secondary N) is 1. The minimum Gasteiger partial charge on any atom is -0.357 e. The van der Waals surface area contributed by atoms with Crippen LogP contribution in [0.4, 0.5) is 24.8 Å². The third-order valence-corrected chi connectivity index (χ3v) is 2.27. The highest BCUT2D eigenvalue weighted by Gasteiger charge is 2.34. The molecule has 0 aliphatic rings. The van der Waals surface area contributed by atoms with E-state index in [1.54, 1.807) is 0 Å². The maximum atomic E-state index is 12.5. The third kappa shape index (κ3) is 2.50. The second-order valence-electron chi connectivity index (χ2n) is 3.55. The molecule has 2 aromatic heterocycles. The molecule has 20 heavy (non-hydrogen) atoms. The van der Waals surface area contributed by atoms with E-state index in [-0.39, 0.29) is 11.8 Å². The monoisotopic (exact) mass is 288 g/mol. The van der Waals surface area contributed by atoms with E-state index in [1.165, 1.54) is 7.05 Å². The molecule has 8 nitrogen and oxygen atoms in total. The lowest BCUT2D eigenvalue weighted by atomic mass is 10.4. The molecule has 0 aromatic carbocycles. The summed E-state index contributed by atoms with van der Waals surface area (Å²) in [7, 11) is 1.47. The Balaban J connectivity index is 2.55. The Hall–Kier alpha value is -2.72. The number of nitrogens with zero attached hydrogens (tertiary/aromatic N) is 5. The predicted octanol–water partition coefficient (Wildman–Crippen LogP) is 1.63. The Labute approximate surface area is 109 Å². The molecule has 106 valence electrons. The lowest BCUT2D eigenvalue weighted by molar-refractivity contribution is -0.385. The minimum absolute atomic E-state index is 0.0228. The fourth-order valence-electron chi connectivity index (χ4n) is 1.38. The maximum Gasteiger partial charge on any atom is 0.435 e. The Morgan fingerprint density at radius 2 is 2.15 bits per heavy atom. The number of aromatic nitrogens is 4. The van der Waals surface area contributed by atoms with Crippen molar-refractivity contribution in [3.05, 3.63) is 34.3 Å². The molecule has 0 aliphatic heterocycles. The molecule has 0 radical (unpaired) electrons. The molecule has 0 atom stereocenters. The average Bonchev–Trinajstić information content (AvgIpc) is 2.87. The van der Waals surface area contributed by atoms with Crippen LogP contribution in [0.2, 0.25) is 0 Å². The SMILES string of the molecule is CNc1ncc([N+](=O)[O-])c(-n2ccc(C(F)(F)F)n2)n1. The Bertz CT molecular complexity index is 653. The van der Waals surface area contributed by atoms with Crippen LogP contribution >= 0.6 is 0 Å². The lowest BCUT2D eigenvalue weighted by Crippen LogP contribution is -2.10. The normalized spacial score (nSPS) is 11.4. The summed E-state index contributed by atoms with van der Waals surface area (Å²) < 4.78 is 38.1. The molecule has 0 amide bonds. The Kier molecular flexibility index (Phi) is 3.26. The summed E-state index contributed by atoms with van der Waals surface area (Å²) in [6.07, 6.45) is -2.81. The summed E-state index contributed by atoms with van der Waals surface area (Å²) in [5, 5.41) is 16.6. The van der Waals surface area contributed by atoms with Crippen LogP contribution in [-0.2, 0) is 6.18 Å². The highest BCUT2D eigenvalue weighted by atomic mass is 19.4. The summed E-state index contributed by atoms with van der Waals surface area (Å²) in [4.78, 5) is 17.4. The molecule has 1 N–H and O–H groups in total. The van der Waals surface area contributed by atoms with E-state index in [9.17, 15) is 23.3 Å². The maximum absolute atomic E-state index is 12.5. The molecule has 0 bridgehead atoms. The van der Waals surface area contributed by atoms with Gasteiger partial charge in [-0.3, -0.25) is 10.1 Å². The molecule has 0 aliphatic carbocycles. The van der Waals surface area contributed by atoms with Gasteiger partial charge in [0.25, 0.3) is 0 Å². The van der Waals surface area contributed by atoms with Crippen LogP contribution in [0.15, 0.2) is 18.5 Å². The molecule has 0 unspecified atom stereocenters. The number of nitro groups is 1. The van der Waals surface area contributed by atoms with Gasteiger partial charge in [0, 0.05) is 13.2 Å². The van der Waals surface area contributed by atoms with E-state index in [0.717, 1.165) is 12.4 Å². The number of hydrogen-bond acceptors (Lipinski definition) is 6. The fourth-order valence-corrected chi connectivity index (χ4v) is 1.38. The zero-order valence-corrected chi connectivity index (χ0v) is 9.92. The van der Waals surface area contributed by atoms with Crippen molar-refractivity contribution in [3.63, 3.8) is 0 Å². The van der Waals surface area contributed by atoms with Crippen molar-refractivity contribution in [1.29, 1.82) is 0 Å². The van der Waals surface area contributed by atoms with Crippen LogP contribution in [-0.4, -0.2) is 31.7 Å². The van der Waals surface area contributed by atoms with Crippen molar-refractivity contribution >= 4 is 11.6 Å². The molecular formula is C9H7F3N6O2. The van der Waals surface area contributed by atoms with Crippen molar-refractivity contribution in [1.82, 2.24) is 19.7 Å². The quantitative estimate of drug-likeness (QED) is 0.680. The number of alkyl halides is 3. The summed E-state index contributed by atoms with van der Waals surface area (Å²) >= 11 is 0. The topological polar surface area (TPSA) is 98.8 Å². The van der Waals surface area contributed by atoms with Gasteiger partial charge in [-0.05, 0) is 6.07 Å². The first-order valence-corrected chi connectivity index (χ1v) is 5.15. The van der Waals surface area contributed by atoms with Gasteiger partial charge in [-0.1, -0.05) is 0 Å². The number of rotatable bonds is 3. The molecule has 0 fully saturated rings. The van der Waals surface area contributed by atoms with Crippen molar-refractivity contribution in [2.24, 2.45) is 0 Å². The summed E-state index contributed by atoms with van der Waals surface area (Å²) in [5.41, 5.74) is -1.72. The van der Waals surface area contributed by atoms with Crippen LogP contribution in [0.1, 0.15) is 5.69 Å². The van der Waals surface area contributed by atoms with E-state index >= 15 is 0 Å². The van der Waals surface area contributed by atoms with Crippen LogP contribution in [0, 0.1) is 10.1 Å². The summed E-state index contributed by atoms with van der Waals surface area (Å²) in [6, 6.07) is 0.699. The standard InChI is InChI=1S/C9H7F3N6O2/c1-13-8-14-4-5(18(19)20)7(15-8)17-3-2-6(16-17)9(10,11)12/h2-4H,1H3,(H,13,14,15). The number of halogens is 3. The van der Waals surface area contributed by atoms with Crippen LogP contribution in [0.3, 0.4) is 0 Å². The van der Waals surface area contributed by atoms with E-state index in [4.69, 9.17) is 0 Å². The van der Waals surface area contributed by atoms with Gasteiger partial charge >= 0.3 is 11.9 Å². The predicted molar refractivity (Wildman–Crippen MR) is 60.4 cm³/mol. The first-order valence-electron chi connectivity index (χ1n) is 5.15. The van der Waals surface area contributed by atoms with Crippen molar-refractivity contribution < 1.29 is 18.1 Å². The van der Waals surface area contributed by atoms with Crippen molar-refractivity contribution in [2.45, 2.75) is 6.18 Å². The number of hydrogen-bond donors (Lipinski definition) is 1. The van der Waals surface area contributed by atoms with E-state index < -0.39 is 22.5 Å². The molecule has 0 spiro atoms. The van der Waals surface area contributed by atoms with Gasteiger partial charge < -0.3 is 5.32 Å². The highest BCUT2D eigenvalue weighted by Crippen LogP contribution is 2.29. The minimum atomic E-state index is -4.64. The van der Waals surface area contributed by atoms with Gasteiger partial charge in [0.2, 0.25) is 11.8 Å². The second kappa shape index (κ2) is 4.75. The first kappa shape index (κ1) is 13.7. The first-order chi connectivity index (χ1) is 9.32. The fraction of sp³-hybridized carbons (Fsp3) is 0.222. The van der Waals surface area contributed by atoms with Crippen LogP contribution in [0.25, 0.3) is 5.82 Å². The van der Waals surface area contributed by atoms with Gasteiger partial charge in [-0.2, -0.15) is 23.3 Å². The Morgan fingerprint density at radius 1 is 1.45 bits per heavy atom. The molecule has 0 saturated heterocycles. The molecule has 11 heteroatoms. The largest absolute Gasteiger partial charge is 0.435 e. The Morgan fingerprint density at radius 3 is 2.65 bits per heavy atom. The molecular weight excluding hydrogens is 281 g/mol. The van der Waals surface area contributed by atoms with Gasteiger partial charge in [-0.25, -0.2) is 9.67 Å². The van der Waals surface area contributed by atoms with E-state index in [1.807, 2.05) is 0 Å². The lowest BCUT2D eigenvalue weighted by Gasteiger charge is -2.04. The van der Waals surface area contributed by atoms with Gasteiger partial charge in [0.05, 0.1) is 4.92 Å². The van der Waals surface area contributed by atoms with Crippen LogP contribution < -0.4 is 5.32 Å². The van der Waals surface area contributed by atoms with Gasteiger partial charge in [-0.15, -0.1) is 0 Å². The summed E-state index contributed by atoms with van der Waals surface area (Å²) in [6.45, 7) is 0.